The van der Waals surface area contributed by atoms with Gasteiger partial charge in [0.2, 0.25) is 17.7 Å². The molecule has 0 aromatic heterocycles. The van der Waals surface area contributed by atoms with E-state index in [1.807, 2.05) is 6.26 Å². The van der Waals surface area contributed by atoms with Gasteiger partial charge in [0.25, 0.3) is 0 Å². The van der Waals surface area contributed by atoms with Crippen molar-refractivity contribution in [2.45, 2.75) is 75.5 Å². The average molecular weight is 340 g/mol. The lowest BCUT2D eigenvalue weighted by Crippen LogP contribution is -2.36. The predicted octanol–water partition coefficient (Wildman–Crippen LogP) is 2.49. The number of carbonyl (C=O) groups excluding carboxylic acids is 3. The van der Waals surface area contributed by atoms with Gasteiger partial charge in [-0.1, -0.05) is 32.1 Å². The molecular formula is C17H28N2O3S. The molecule has 2 aliphatic rings. The van der Waals surface area contributed by atoms with Gasteiger partial charge in [0, 0.05) is 25.4 Å². The van der Waals surface area contributed by atoms with Crippen molar-refractivity contribution in [2.75, 3.05) is 12.8 Å². The third-order valence-corrected chi connectivity index (χ3v) is 5.68. The lowest BCUT2D eigenvalue weighted by molar-refractivity contribution is -0.138. The van der Waals surface area contributed by atoms with E-state index in [-0.39, 0.29) is 23.0 Å². The summed E-state index contributed by atoms with van der Waals surface area (Å²) in [7, 11) is 0. The molecule has 6 heteroatoms. The van der Waals surface area contributed by atoms with Crippen LogP contribution in [0.2, 0.25) is 0 Å². The molecule has 0 bridgehead atoms. The highest BCUT2D eigenvalue weighted by Gasteiger charge is 2.37. The average Bonchev–Trinajstić information content (AvgIpc) is 2.77. The summed E-state index contributed by atoms with van der Waals surface area (Å²) in [4.78, 5) is 37.2. The van der Waals surface area contributed by atoms with E-state index >= 15 is 0 Å². The summed E-state index contributed by atoms with van der Waals surface area (Å²) in [5.74, 6) is -0.145. The van der Waals surface area contributed by atoms with Gasteiger partial charge >= 0.3 is 0 Å². The molecule has 1 saturated heterocycles. The number of hydrogen-bond acceptors (Lipinski definition) is 4. The number of nitrogens with one attached hydrogen (secondary N) is 1. The number of rotatable bonds is 6. The van der Waals surface area contributed by atoms with Gasteiger partial charge in [-0.05, 0) is 25.5 Å². The molecule has 0 radical (unpaired) electrons. The monoisotopic (exact) mass is 340 g/mol. The van der Waals surface area contributed by atoms with E-state index in [2.05, 4.69) is 5.32 Å². The van der Waals surface area contributed by atoms with Crippen LogP contribution >= 0.6 is 11.8 Å². The molecule has 0 aromatic rings. The molecule has 2 rings (SSSR count). The van der Waals surface area contributed by atoms with Crippen LogP contribution in [0.25, 0.3) is 0 Å². The Balaban J connectivity index is 1.68. The Labute approximate surface area is 142 Å². The van der Waals surface area contributed by atoms with Crippen molar-refractivity contribution in [3.05, 3.63) is 0 Å². The normalized spacial score (nSPS) is 23.7. The molecule has 1 N–H and O–H groups in total. The smallest absolute Gasteiger partial charge is 0.242 e. The molecule has 5 nitrogen and oxygen atoms in total. The second-order valence-electron chi connectivity index (χ2n) is 6.53. The largest absolute Gasteiger partial charge is 0.353 e. The first-order valence-corrected chi connectivity index (χ1v) is 10.1. The minimum Gasteiger partial charge on any atom is -0.353 e. The van der Waals surface area contributed by atoms with Gasteiger partial charge < -0.3 is 5.32 Å². The highest BCUT2D eigenvalue weighted by atomic mass is 32.2. The third-order valence-electron chi connectivity index (χ3n) is 4.74. The Morgan fingerprint density at radius 1 is 1.17 bits per heavy atom. The predicted molar refractivity (Wildman–Crippen MR) is 92.1 cm³/mol. The molecule has 3 amide bonds. The van der Waals surface area contributed by atoms with Gasteiger partial charge in [0.1, 0.15) is 0 Å². The summed E-state index contributed by atoms with van der Waals surface area (Å²) in [5.41, 5.74) is 0. The Hall–Kier alpha value is -1.04. The number of hydrogen-bond donors (Lipinski definition) is 1. The highest BCUT2D eigenvalue weighted by molar-refractivity contribution is 8.00. The maximum absolute atomic E-state index is 12.1. The molecule has 1 unspecified atom stereocenters. The maximum Gasteiger partial charge on any atom is 0.242 e. The fourth-order valence-corrected chi connectivity index (χ4v) is 4.01. The van der Waals surface area contributed by atoms with Crippen LogP contribution in [0.5, 0.6) is 0 Å². The first kappa shape index (κ1) is 18.3. The summed E-state index contributed by atoms with van der Waals surface area (Å²) in [6, 6.07) is 0.304. The lowest BCUT2D eigenvalue weighted by atomic mass is 9.96. The topological polar surface area (TPSA) is 66.5 Å². The van der Waals surface area contributed by atoms with Crippen molar-refractivity contribution >= 4 is 29.5 Å². The summed E-state index contributed by atoms with van der Waals surface area (Å²) in [6.45, 7) is 0.368. The molecule has 1 aliphatic heterocycles. The van der Waals surface area contributed by atoms with Crippen molar-refractivity contribution in [1.29, 1.82) is 0 Å². The van der Waals surface area contributed by atoms with E-state index in [1.54, 1.807) is 0 Å². The highest BCUT2D eigenvalue weighted by Crippen LogP contribution is 2.23. The molecule has 1 saturated carbocycles. The summed E-state index contributed by atoms with van der Waals surface area (Å²) in [5, 5.41) is 2.89. The van der Waals surface area contributed by atoms with Crippen LogP contribution in [0.1, 0.15) is 64.2 Å². The van der Waals surface area contributed by atoms with Crippen LogP contribution in [0.3, 0.4) is 0 Å². The number of nitrogens with zero attached hydrogens (tertiary/aromatic N) is 1. The van der Waals surface area contributed by atoms with Gasteiger partial charge in [0.05, 0.1) is 5.25 Å². The van der Waals surface area contributed by atoms with Crippen molar-refractivity contribution in [2.24, 2.45) is 0 Å². The van der Waals surface area contributed by atoms with Crippen LogP contribution in [-0.4, -0.2) is 46.7 Å². The SMILES string of the molecule is CSC1CC(=O)N(CCCC(=O)NC2CCCCCCC2)C1=O. The molecule has 2 fully saturated rings. The molecule has 1 aliphatic carbocycles. The molecule has 0 aromatic carbocycles. The molecule has 23 heavy (non-hydrogen) atoms. The first-order valence-electron chi connectivity index (χ1n) is 8.78. The van der Waals surface area contributed by atoms with Gasteiger partial charge in [-0.15, -0.1) is 0 Å². The number of thioether (sulfide) groups is 1. The molecular weight excluding hydrogens is 312 g/mol. The lowest BCUT2D eigenvalue weighted by Gasteiger charge is -2.21. The van der Waals surface area contributed by atoms with Gasteiger partial charge in [0.15, 0.2) is 0 Å². The first-order chi connectivity index (χ1) is 11.1. The van der Waals surface area contributed by atoms with E-state index in [1.165, 1.54) is 48.8 Å². The third kappa shape index (κ3) is 5.52. The Morgan fingerprint density at radius 3 is 2.43 bits per heavy atom. The van der Waals surface area contributed by atoms with Crippen LogP contribution < -0.4 is 5.32 Å². The summed E-state index contributed by atoms with van der Waals surface area (Å²) < 4.78 is 0. The van der Waals surface area contributed by atoms with Crippen LogP contribution in [0.4, 0.5) is 0 Å². The van der Waals surface area contributed by atoms with E-state index < -0.39 is 0 Å². The number of amides is 3. The molecule has 0 spiro atoms. The molecule has 1 atom stereocenters. The van der Waals surface area contributed by atoms with Crippen molar-refractivity contribution in [1.82, 2.24) is 10.2 Å². The Morgan fingerprint density at radius 2 is 1.83 bits per heavy atom. The van der Waals surface area contributed by atoms with Gasteiger partial charge in [-0.3, -0.25) is 19.3 Å². The van der Waals surface area contributed by atoms with Gasteiger partial charge in [-0.2, -0.15) is 11.8 Å². The van der Waals surface area contributed by atoms with Crippen molar-refractivity contribution in [3.8, 4) is 0 Å². The van der Waals surface area contributed by atoms with E-state index in [9.17, 15) is 14.4 Å². The van der Waals surface area contributed by atoms with Crippen LogP contribution in [0, 0.1) is 0 Å². The zero-order valence-corrected chi connectivity index (χ0v) is 14.8. The van der Waals surface area contributed by atoms with Crippen LogP contribution in [0.15, 0.2) is 0 Å². The number of carbonyl (C=O) groups is 3. The second-order valence-corrected chi connectivity index (χ2v) is 7.57. The number of likely N-dealkylation sites (tertiary alicyclic amines) is 1. The summed E-state index contributed by atoms with van der Waals surface area (Å²) >= 11 is 1.42. The minimum absolute atomic E-state index is 0.0519. The number of imide groups is 1. The quantitative estimate of drug-likeness (QED) is 0.755. The zero-order valence-electron chi connectivity index (χ0n) is 14.0. The Kier molecular flexibility index (Phi) is 7.40. The Bertz CT molecular complexity index is 434. The molecule has 1 heterocycles. The minimum atomic E-state index is -0.230. The standard InChI is InChI=1S/C17H28N2O3S/c1-23-14-12-16(21)19(17(14)22)11-7-10-15(20)18-13-8-5-3-2-4-6-9-13/h13-14H,2-12H2,1H3,(H,18,20). The second kappa shape index (κ2) is 9.30. The van der Waals surface area contributed by atoms with E-state index in [4.69, 9.17) is 0 Å². The zero-order chi connectivity index (χ0) is 16.7. The fourth-order valence-electron chi connectivity index (χ4n) is 3.37. The van der Waals surface area contributed by atoms with Crippen molar-refractivity contribution < 1.29 is 14.4 Å². The van der Waals surface area contributed by atoms with Gasteiger partial charge in [-0.25, -0.2) is 0 Å². The van der Waals surface area contributed by atoms with E-state index in [0.29, 0.717) is 31.8 Å². The van der Waals surface area contributed by atoms with Crippen molar-refractivity contribution in [3.63, 3.8) is 0 Å². The fraction of sp³-hybridized carbons (Fsp3) is 0.824. The molecule has 130 valence electrons. The summed E-state index contributed by atoms with van der Waals surface area (Å²) in [6.07, 6.45) is 11.5. The van der Waals surface area contributed by atoms with Crippen LogP contribution in [-0.2, 0) is 14.4 Å². The maximum atomic E-state index is 12.1. The van der Waals surface area contributed by atoms with E-state index in [0.717, 1.165) is 12.8 Å².